The van der Waals surface area contributed by atoms with Crippen molar-refractivity contribution in [2.24, 2.45) is 0 Å². The number of pyridine rings is 1. The van der Waals surface area contributed by atoms with Gasteiger partial charge in [-0.05, 0) is 25.1 Å². The molecule has 1 N–H and O–H groups in total. The van der Waals surface area contributed by atoms with Gasteiger partial charge in [0.1, 0.15) is 12.2 Å². The zero-order valence-corrected chi connectivity index (χ0v) is 10.9. The summed E-state index contributed by atoms with van der Waals surface area (Å²) in [5, 5.41) is 3.73. The summed E-state index contributed by atoms with van der Waals surface area (Å²) in [5.41, 5.74) is 0.302. The fourth-order valence-corrected chi connectivity index (χ4v) is 1.81. The maximum atomic E-state index is 13.5. The highest BCUT2D eigenvalue weighted by Crippen LogP contribution is 2.24. The molecule has 0 aliphatic rings. The second kappa shape index (κ2) is 6.10. The van der Waals surface area contributed by atoms with Crippen LogP contribution in [0.2, 0.25) is 0 Å². The first-order chi connectivity index (χ1) is 9.60. The Labute approximate surface area is 114 Å². The molecule has 0 radical (unpaired) electrons. The van der Waals surface area contributed by atoms with Gasteiger partial charge in [0.05, 0.1) is 12.3 Å². The summed E-state index contributed by atoms with van der Waals surface area (Å²) in [6.07, 6.45) is 2.64. The molecular formula is C14H13FN2O3. The highest BCUT2D eigenvalue weighted by molar-refractivity contribution is 6.06. The van der Waals surface area contributed by atoms with E-state index >= 15 is 0 Å². The molecule has 0 saturated carbocycles. The number of benzene rings is 1. The summed E-state index contributed by atoms with van der Waals surface area (Å²) in [5.74, 6) is -1.66. The molecule has 1 amide bonds. The molecule has 1 heterocycles. The van der Waals surface area contributed by atoms with Gasteiger partial charge < -0.3 is 10.1 Å². The van der Waals surface area contributed by atoms with Crippen molar-refractivity contribution in [2.75, 3.05) is 11.9 Å². The molecule has 1 aromatic heterocycles. The zero-order chi connectivity index (χ0) is 14.5. The van der Waals surface area contributed by atoms with E-state index in [0.717, 1.165) is 0 Å². The number of hydrogen-bond acceptors (Lipinski definition) is 4. The molecule has 6 heteroatoms. The molecule has 0 fully saturated rings. The normalized spacial score (nSPS) is 10.3. The summed E-state index contributed by atoms with van der Waals surface area (Å²) in [6, 6.07) is 4.18. The fourth-order valence-electron chi connectivity index (χ4n) is 1.81. The standard InChI is InChI=1S/C14H13FN2O3/c1-2-20-14(19)7-13(18)17-12-6-10(15)5-9-8-16-4-3-11(9)12/h3-6,8H,2,7H2,1H3,(H,17,18). The maximum absolute atomic E-state index is 13.5. The third-order valence-electron chi connectivity index (χ3n) is 2.60. The van der Waals surface area contributed by atoms with Crippen molar-refractivity contribution in [3.05, 3.63) is 36.4 Å². The number of anilines is 1. The second-order valence-corrected chi connectivity index (χ2v) is 4.08. The average molecular weight is 276 g/mol. The molecule has 0 unspecified atom stereocenters. The SMILES string of the molecule is CCOC(=O)CC(=O)Nc1cc(F)cc2cnccc12. The van der Waals surface area contributed by atoms with E-state index in [1.807, 2.05) is 0 Å². The van der Waals surface area contributed by atoms with Gasteiger partial charge in [-0.15, -0.1) is 0 Å². The van der Waals surface area contributed by atoms with E-state index in [0.29, 0.717) is 16.5 Å². The molecule has 5 nitrogen and oxygen atoms in total. The molecule has 20 heavy (non-hydrogen) atoms. The van der Waals surface area contributed by atoms with Gasteiger partial charge in [0, 0.05) is 23.2 Å². The number of aromatic nitrogens is 1. The lowest BCUT2D eigenvalue weighted by Crippen LogP contribution is -2.18. The van der Waals surface area contributed by atoms with E-state index in [1.54, 1.807) is 19.2 Å². The van der Waals surface area contributed by atoms with Crippen molar-refractivity contribution < 1.29 is 18.7 Å². The van der Waals surface area contributed by atoms with Gasteiger partial charge in [-0.3, -0.25) is 14.6 Å². The van der Waals surface area contributed by atoms with Crippen LogP contribution in [-0.2, 0) is 14.3 Å². The predicted molar refractivity (Wildman–Crippen MR) is 71.6 cm³/mol. The van der Waals surface area contributed by atoms with Gasteiger partial charge in [0.2, 0.25) is 5.91 Å². The molecule has 0 aliphatic carbocycles. The van der Waals surface area contributed by atoms with Crippen molar-refractivity contribution in [3.63, 3.8) is 0 Å². The van der Waals surface area contributed by atoms with Crippen LogP contribution in [0.25, 0.3) is 10.8 Å². The lowest BCUT2D eigenvalue weighted by atomic mass is 10.1. The quantitative estimate of drug-likeness (QED) is 0.687. The number of nitrogens with zero attached hydrogens (tertiary/aromatic N) is 1. The number of ether oxygens (including phenoxy) is 1. The predicted octanol–water partition coefficient (Wildman–Crippen LogP) is 2.27. The highest BCUT2D eigenvalue weighted by atomic mass is 19.1. The summed E-state index contributed by atoms with van der Waals surface area (Å²) in [4.78, 5) is 26.8. The number of amides is 1. The molecular weight excluding hydrogens is 263 g/mol. The second-order valence-electron chi connectivity index (χ2n) is 4.08. The molecule has 0 aliphatic heterocycles. The summed E-state index contributed by atoms with van der Waals surface area (Å²) >= 11 is 0. The topological polar surface area (TPSA) is 68.3 Å². The molecule has 0 spiro atoms. The van der Waals surface area contributed by atoms with Crippen LogP contribution >= 0.6 is 0 Å². The highest BCUT2D eigenvalue weighted by Gasteiger charge is 2.12. The Bertz CT molecular complexity index is 658. The Kier molecular flexibility index (Phi) is 4.24. The number of carbonyl (C=O) groups excluding carboxylic acids is 2. The number of hydrogen-bond donors (Lipinski definition) is 1. The van der Waals surface area contributed by atoms with Gasteiger partial charge >= 0.3 is 5.97 Å². The Balaban J connectivity index is 2.21. The van der Waals surface area contributed by atoms with Crippen LogP contribution in [0.5, 0.6) is 0 Å². The largest absolute Gasteiger partial charge is 0.466 e. The summed E-state index contributed by atoms with van der Waals surface area (Å²) < 4.78 is 18.1. The third-order valence-corrected chi connectivity index (χ3v) is 2.60. The number of rotatable bonds is 4. The Morgan fingerprint density at radius 2 is 2.20 bits per heavy atom. The Hall–Kier alpha value is -2.50. The number of fused-ring (bicyclic) bond motifs is 1. The number of halogens is 1. The molecule has 0 atom stereocenters. The van der Waals surface area contributed by atoms with Gasteiger partial charge in [0.15, 0.2) is 0 Å². The zero-order valence-electron chi connectivity index (χ0n) is 10.9. The summed E-state index contributed by atoms with van der Waals surface area (Å²) in [7, 11) is 0. The van der Waals surface area contributed by atoms with E-state index < -0.39 is 24.1 Å². The van der Waals surface area contributed by atoms with Crippen molar-refractivity contribution in [1.82, 2.24) is 4.98 Å². The molecule has 0 bridgehead atoms. The smallest absolute Gasteiger partial charge is 0.315 e. The monoisotopic (exact) mass is 276 g/mol. The Morgan fingerprint density at radius 1 is 1.40 bits per heavy atom. The van der Waals surface area contributed by atoms with Crippen LogP contribution in [0.3, 0.4) is 0 Å². The van der Waals surface area contributed by atoms with Crippen molar-refractivity contribution >= 4 is 28.3 Å². The van der Waals surface area contributed by atoms with Crippen LogP contribution in [0.1, 0.15) is 13.3 Å². The number of nitrogens with one attached hydrogen (secondary N) is 1. The molecule has 2 rings (SSSR count). The van der Waals surface area contributed by atoms with E-state index in [1.165, 1.54) is 18.3 Å². The number of carbonyl (C=O) groups is 2. The van der Waals surface area contributed by atoms with Crippen molar-refractivity contribution in [2.45, 2.75) is 13.3 Å². The van der Waals surface area contributed by atoms with Crippen molar-refractivity contribution in [3.8, 4) is 0 Å². The van der Waals surface area contributed by atoms with Crippen LogP contribution < -0.4 is 5.32 Å². The molecule has 2 aromatic rings. The first kappa shape index (κ1) is 13.9. The molecule has 0 saturated heterocycles. The minimum atomic E-state index is -0.618. The van der Waals surface area contributed by atoms with Crippen molar-refractivity contribution in [1.29, 1.82) is 0 Å². The average Bonchev–Trinajstić information content (AvgIpc) is 2.38. The van der Waals surface area contributed by atoms with Gasteiger partial charge in [-0.1, -0.05) is 0 Å². The lowest BCUT2D eigenvalue weighted by Gasteiger charge is -2.08. The van der Waals surface area contributed by atoms with E-state index in [4.69, 9.17) is 0 Å². The minimum Gasteiger partial charge on any atom is -0.466 e. The fraction of sp³-hybridized carbons (Fsp3) is 0.214. The van der Waals surface area contributed by atoms with E-state index in [9.17, 15) is 14.0 Å². The number of esters is 1. The Morgan fingerprint density at radius 3 is 2.95 bits per heavy atom. The summed E-state index contributed by atoms with van der Waals surface area (Å²) in [6.45, 7) is 1.86. The van der Waals surface area contributed by atoms with E-state index in [-0.39, 0.29) is 6.61 Å². The molecule has 1 aromatic carbocycles. The van der Waals surface area contributed by atoms with Gasteiger partial charge in [-0.25, -0.2) is 4.39 Å². The minimum absolute atomic E-state index is 0.209. The van der Waals surface area contributed by atoms with Crippen LogP contribution in [0.15, 0.2) is 30.6 Å². The maximum Gasteiger partial charge on any atom is 0.315 e. The van der Waals surface area contributed by atoms with E-state index in [2.05, 4.69) is 15.0 Å². The van der Waals surface area contributed by atoms with Crippen LogP contribution in [-0.4, -0.2) is 23.5 Å². The van der Waals surface area contributed by atoms with Gasteiger partial charge in [-0.2, -0.15) is 0 Å². The molecule has 104 valence electrons. The first-order valence-electron chi connectivity index (χ1n) is 6.09. The van der Waals surface area contributed by atoms with Crippen LogP contribution in [0.4, 0.5) is 10.1 Å². The van der Waals surface area contributed by atoms with Gasteiger partial charge in [0.25, 0.3) is 0 Å². The third kappa shape index (κ3) is 3.28. The first-order valence-corrected chi connectivity index (χ1v) is 6.09. The van der Waals surface area contributed by atoms with Crippen LogP contribution in [0, 0.1) is 5.82 Å². The lowest BCUT2D eigenvalue weighted by molar-refractivity contribution is -0.145.